The molecule has 5 heteroatoms. The van der Waals surface area contributed by atoms with Crippen LogP contribution in [0.1, 0.15) is 25.7 Å². The minimum absolute atomic E-state index is 0.0917. The van der Waals surface area contributed by atoms with E-state index in [9.17, 15) is 9.90 Å². The standard InChI is InChI=1S/C9H14N2O2S/c12-7-4-2-1-3-6(7)10-8-5-14-9(13)11-8/h6-7,12H,1-5H2,(H,10,11,13)/t6-,7-/m1/s1. The summed E-state index contributed by atoms with van der Waals surface area (Å²) in [6.45, 7) is 0. The number of thioether (sulfide) groups is 1. The molecule has 1 fully saturated rings. The van der Waals surface area contributed by atoms with Crippen LogP contribution in [0.2, 0.25) is 0 Å². The van der Waals surface area contributed by atoms with Crippen molar-refractivity contribution in [3.8, 4) is 0 Å². The van der Waals surface area contributed by atoms with Crippen molar-refractivity contribution in [2.75, 3.05) is 5.75 Å². The first kappa shape index (κ1) is 9.98. The quantitative estimate of drug-likeness (QED) is 0.687. The van der Waals surface area contributed by atoms with Gasteiger partial charge in [-0.2, -0.15) is 4.99 Å². The Morgan fingerprint density at radius 2 is 2.21 bits per heavy atom. The third kappa shape index (κ3) is 2.27. The van der Waals surface area contributed by atoms with Gasteiger partial charge >= 0.3 is 5.24 Å². The van der Waals surface area contributed by atoms with Crippen molar-refractivity contribution in [3.63, 3.8) is 0 Å². The molecule has 1 heterocycles. The van der Waals surface area contributed by atoms with E-state index in [1.807, 2.05) is 0 Å². The Bertz CT molecular complexity index is 268. The molecule has 0 saturated heterocycles. The number of rotatable bonds is 1. The third-order valence-electron chi connectivity index (χ3n) is 2.64. The molecule has 0 radical (unpaired) electrons. The molecular formula is C9H14N2O2S. The fourth-order valence-electron chi connectivity index (χ4n) is 1.87. The van der Waals surface area contributed by atoms with Crippen LogP contribution >= 0.6 is 11.8 Å². The lowest BCUT2D eigenvalue weighted by Gasteiger charge is -2.28. The minimum atomic E-state index is -0.285. The van der Waals surface area contributed by atoms with Crippen molar-refractivity contribution in [2.24, 2.45) is 4.99 Å². The smallest absolute Gasteiger partial charge is 0.306 e. The summed E-state index contributed by atoms with van der Waals surface area (Å²) in [6, 6.07) is 0.0917. The lowest BCUT2D eigenvalue weighted by atomic mass is 9.92. The molecule has 14 heavy (non-hydrogen) atoms. The Labute approximate surface area is 87.2 Å². The molecule has 2 aliphatic rings. The Morgan fingerprint density at radius 3 is 2.86 bits per heavy atom. The monoisotopic (exact) mass is 214 g/mol. The predicted octanol–water partition coefficient (Wildman–Crippen LogP) is 1.14. The molecule has 2 rings (SSSR count). The van der Waals surface area contributed by atoms with E-state index in [-0.39, 0.29) is 17.4 Å². The minimum Gasteiger partial charge on any atom is -0.391 e. The summed E-state index contributed by atoms with van der Waals surface area (Å²) < 4.78 is 0. The number of amides is 1. The van der Waals surface area contributed by atoms with Crippen molar-refractivity contribution in [1.82, 2.24) is 5.32 Å². The van der Waals surface area contributed by atoms with Crippen LogP contribution in [0.5, 0.6) is 0 Å². The average molecular weight is 214 g/mol. The largest absolute Gasteiger partial charge is 0.391 e. The molecular weight excluding hydrogens is 200 g/mol. The number of hydrogen-bond acceptors (Lipinski definition) is 4. The highest BCUT2D eigenvalue weighted by Crippen LogP contribution is 2.20. The van der Waals surface area contributed by atoms with Crippen LogP contribution in [0.4, 0.5) is 4.79 Å². The van der Waals surface area contributed by atoms with E-state index in [0.29, 0.717) is 5.75 Å². The summed E-state index contributed by atoms with van der Waals surface area (Å²) in [6.07, 6.45) is 3.78. The number of aliphatic hydroxyl groups is 1. The Kier molecular flexibility index (Phi) is 3.08. The number of nitrogens with one attached hydrogen (secondary N) is 1. The van der Waals surface area contributed by atoms with Gasteiger partial charge in [-0.15, -0.1) is 0 Å². The number of hydrogen-bond donors (Lipinski definition) is 2. The molecule has 0 aromatic rings. The highest BCUT2D eigenvalue weighted by Gasteiger charge is 2.25. The van der Waals surface area contributed by atoms with Crippen LogP contribution in [0.25, 0.3) is 0 Å². The zero-order chi connectivity index (χ0) is 9.97. The molecule has 0 bridgehead atoms. The molecule has 0 unspecified atom stereocenters. The molecule has 2 atom stereocenters. The van der Waals surface area contributed by atoms with Gasteiger partial charge in [-0.25, -0.2) is 0 Å². The topological polar surface area (TPSA) is 61.7 Å². The number of aliphatic hydroxyl groups excluding tert-OH is 1. The van der Waals surface area contributed by atoms with Crippen LogP contribution in [-0.2, 0) is 0 Å². The number of carbonyl (C=O) groups excluding carboxylic acids is 1. The maximum Gasteiger partial charge on any atom is 0.306 e. The Hall–Kier alpha value is -0.550. The second kappa shape index (κ2) is 4.31. The molecule has 1 aliphatic carbocycles. The summed E-state index contributed by atoms with van der Waals surface area (Å²) in [5.41, 5.74) is 0. The van der Waals surface area contributed by atoms with Gasteiger partial charge in [0.05, 0.1) is 17.9 Å². The van der Waals surface area contributed by atoms with Crippen molar-refractivity contribution >= 4 is 22.8 Å². The van der Waals surface area contributed by atoms with Crippen LogP contribution < -0.4 is 5.32 Å². The maximum absolute atomic E-state index is 10.8. The van der Waals surface area contributed by atoms with E-state index >= 15 is 0 Å². The van der Waals surface area contributed by atoms with Gasteiger partial charge in [-0.05, 0) is 12.8 Å². The van der Waals surface area contributed by atoms with Crippen LogP contribution in [0.15, 0.2) is 4.99 Å². The highest BCUT2D eigenvalue weighted by atomic mass is 32.2. The molecule has 0 aromatic heterocycles. The van der Waals surface area contributed by atoms with E-state index in [4.69, 9.17) is 0 Å². The van der Waals surface area contributed by atoms with Gasteiger partial charge in [0, 0.05) is 0 Å². The molecule has 1 saturated carbocycles. The fraction of sp³-hybridized carbons (Fsp3) is 0.778. The number of aliphatic imine (C=N–C) groups is 1. The maximum atomic E-state index is 10.8. The van der Waals surface area contributed by atoms with E-state index in [2.05, 4.69) is 10.3 Å². The summed E-state index contributed by atoms with van der Waals surface area (Å²) in [7, 11) is 0. The summed E-state index contributed by atoms with van der Waals surface area (Å²) in [5, 5.41) is 12.7. The molecule has 1 aliphatic heterocycles. The van der Waals surface area contributed by atoms with Gasteiger partial charge in [0.1, 0.15) is 5.84 Å². The normalized spacial score (nSPS) is 32.9. The molecule has 1 amide bonds. The molecule has 0 aromatic carbocycles. The second-order valence-corrected chi connectivity index (χ2v) is 4.64. The van der Waals surface area contributed by atoms with Crippen molar-refractivity contribution in [3.05, 3.63) is 0 Å². The van der Waals surface area contributed by atoms with Gasteiger partial charge < -0.3 is 10.4 Å². The first-order valence-electron chi connectivity index (χ1n) is 4.94. The highest BCUT2D eigenvalue weighted by molar-refractivity contribution is 8.14. The van der Waals surface area contributed by atoms with Gasteiger partial charge in [0.25, 0.3) is 0 Å². The van der Waals surface area contributed by atoms with Crippen LogP contribution in [0.3, 0.4) is 0 Å². The average Bonchev–Trinajstić information content (AvgIpc) is 2.56. The Balaban J connectivity index is 1.89. The summed E-state index contributed by atoms with van der Waals surface area (Å²) >= 11 is 1.21. The van der Waals surface area contributed by atoms with Crippen molar-refractivity contribution < 1.29 is 9.90 Å². The lowest BCUT2D eigenvalue weighted by Crippen LogP contribution is -2.45. The lowest BCUT2D eigenvalue weighted by molar-refractivity contribution is 0.0998. The van der Waals surface area contributed by atoms with Crippen molar-refractivity contribution in [1.29, 1.82) is 0 Å². The van der Waals surface area contributed by atoms with E-state index in [1.54, 1.807) is 0 Å². The second-order valence-electron chi connectivity index (χ2n) is 3.72. The fourth-order valence-corrected chi connectivity index (χ4v) is 2.46. The van der Waals surface area contributed by atoms with Gasteiger partial charge in [0.15, 0.2) is 0 Å². The zero-order valence-corrected chi connectivity index (χ0v) is 8.72. The zero-order valence-electron chi connectivity index (χ0n) is 7.90. The summed E-state index contributed by atoms with van der Waals surface area (Å²) in [5.74, 6) is 1.35. The molecule has 78 valence electrons. The van der Waals surface area contributed by atoms with Crippen LogP contribution in [-0.4, -0.2) is 34.1 Å². The first-order valence-corrected chi connectivity index (χ1v) is 5.93. The first-order chi connectivity index (χ1) is 6.75. The van der Waals surface area contributed by atoms with E-state index in [0.717, 1.165) is 31.5 Å². The number of amidine groups is 1. The molecule has 0 spiro atoms. The van der Waals surface area contributed by atoms with Gasteiger partial charge in [0.2, 0.25) is 0 Å². The summed E-state index contributed by atoms with van der Waals surface area (Å²) in [4.78, 5) is 14.7. The third-order valence-corrected chi connectivity index (χ3v) is 3.40. The number of nitrogens with zero attached hydrogens (tertiary/aromatic N) is 1. The van der Waals surface area contributed by atoms with E-state index < -0.39 is 0 Å². The Morgan fingerprint density at radius 1 is 1.43 bits per heavy atom. The molecule has 4 nitrogen and oxygen atoms in total. The molecule has 2 N–H and O–H groups in total. The SMILES string of the molecule is O=C1N=C(N[C@@H]2CCCC[C@H]2O)CS1. The van der Waals surface area contributed by atoms with Crippen molar-refractivity contribution in [2.45, 2.75) is 37.8 Å². The van der Waals surface area contributed by atoms with Crippen LogP contribution in [0, 0.1) is 0 Å². The van der Waals surface area contributed by atoms with Gasteiger partial charge in [-0.1, -0.05) is 24.6 Å². The predicted molar refractivity (Wildman–Crippen MR) is 56.7 cm³/mol. The van der Waals surface area contributed by atoms with Gasteiger partial charge in [-0.3, -0.25) is 4.79 Å². The van der Waals surface area contributed by atoms with E-state index in [1.165, 1.54) is 11.8 Å². The number of carbonyl (C=O) groups is 1.